The summed E-state index contributed by atoms with van der Waals surface area (Å²) in [7, 11) is 0. The lowest BCUT2D eigenvalue weighted by Gasteiger charge is -2.10. The minimum Gasteiger partial charge on any atom is -0.494 e. The Labute approximate surface area is 223 Å². The summed E-state index contributed by atoms with van der Waals surface area (Å²) in [6.07, 6.45) is 2.19. The number of halogens is 2. The van der Waals surface area contributed by atoms with Crippen molar-refractivity contribution in [3.05, 3.63) is 82.3 Å². The van der Waals surface area contributed by atoms with Gasteiger partial charge in [0.2, 0.25) is 0 Å². The molecule has 0 atom stereocenters. The van der Waals surface area contributed by atoms with Crippen LogP contribution in [0.25, 0.3) is 0 Å². The second kappa shape index (κ2) is 13.9. The molecule has 0 heterocycles. The van der Waals surface area contributed by atoms with E-state index in [1.54, 1.807) is 60.7 Å². The number of hydrogen-bond donors (Lipinski definition) is 3. The van der Waals surface area contributed by atoms with Gasteiger partial charge in [-0.2, -0.15) is 5.10 Å². The zero-order valence-corrected chi connectivity index (χ0v) is 21.3. The number of nitrogens with zero attached hydrogens (tertiary/aromatic N) is 1. The van der Waals surface area contributed by atoms with E-state index in [9.17, 15) is 14.4 Å². The number of benzene rings is 3. The maximum Gasteiger partial charge on any atom is 0.329 e. The summed E-state index contributed by atoms with van der Waals surface area (Å²) < 4.78 is 10.9. The van der Waals surface area contributed by atoms with Crippen LogP contribution in [-0.4, -0.2) is 37.1 Å². The van der Waals surface area contributed by atoms with Gasteiger partial charge < -0.3 is 20.1 Å². The Morgan fingerprint density at radius 2 is 1.65 bits per heavy atom. The molecule has 3 aromatic carbocycles. The fourth-order valence-corrected chi connectivity index (χ4v) is 3.29. The third kappa shape index (κ3) is 8.82. The van der Waals surface area contributed by atoms with Gasteiger partial charge in [0.25, 0.3) is 5.91 Å². The zero-order chi connectivity index (χ0) is 26.6. The van der Waals surface area contributed by atoms with E-state index < -0.39 is 17.7 Å². The molecule has 0 aliphatic heterocycles. The molecule has 0 aliphatic rings. The smallest absolute Gasteiger partial charge is 0.329 e. The lowest BCUT2D eigenvalue weighted by atomic mass is 10.2. The maximum atomic E-state index is 12.1. The van der Waals surface area contributed by atoms with Gasteiger partial charge in [-0.25, -0.2) is 5.43 Å². The summed E-state index contributed by atoms with van der Waals surface area (Å²) in [5.74, 6) is -1.28. The zero-order valence-electron chi connectivity index (χ0n) is 19.8. The highest BCUT2D eigenvalue weighted by Crippen LogP contribution is 2.25. The Morgan fingerprint density at radius 1 is 0.892 bits per heavy atom. The van der Waals surface area contributed by atoms with Crippen LogP contribution in [0, 0.1) is 0 Å². The minimum atomic E-state index is -0.946. The molecule has 3 N–H and O–H groups in total. The Kier molecular flexibility index (Phi) is 10.3. The predicted octanol–water partition coefficient (Wildman–Crippen LogP) is 4.89. The lowest BCUT2D eigenvalue weighted by molar-refractivity contribution is -0.136. The SMILES string of the molecule is CCCOc1ccc(NC(=O)C(=O)N/N=C\c2ccc(OCC(=O)Nc3ccccc3Cl)c(Cl)c2)cc1. The van der Waals surface area contributed by atoms with Crippen LogP contribution in [0.2, 0.25) is 10.0 Å². The van der Waals surface area contributed by atoms with Crippen LogP contribution in [-0.2, 0) is 14.4 Å². The van der Waals surface area contributed by atoms with Gasteiger partial charge in [0, 0.05) is 5.69 Å². The second-order valence-corrected chi connectivity index (χ2v) is 8.35. The van der Waals surface area contributed by atoms with Gasteiger partial charge in [-0.15, -0.1) is 0 Å². The molecule has 3 rings (SSSR count). The number of carbonyl (C=O) groups excluding carboxylic acids is 3. The number of para-hydroxylation sites is 1. The highest BCUT2D eigenvalue weighted by Gasteiger charge is 2.13. The van der Waals surface area contributed by atoms with Gasteiger partial charge in [-0.1, -0.05) is 42.3 Å². The molecule has 3 aromatic rings. The molecular formula is C26H24Cl2N4O5. The van der Waals surface area contributed by atoms with Crippen molar-refractivity contribution in [2.24, 2.45) is 5.10 Å². The highest BCUT2D eigenvalue weighted by atomic mass is 35.5. The number of hydrogen-bond acceptors (Lipinski definition) is 6. The molecule has 0 spiro atoms. The maximum absolute atomic E-state index is 12.1. The number of rotatable bonds is 10. The molecule has 192 valence electrons. The third-order valence-corrected chi connectivity index (χ3v) is 5.26. The van der Waals surface area contributed by atoms with E-state index in [1.165, 1.54) is 12.3 Å². The summed E-state index contributed by atoms with van der Waals surface area (Å²) in [4.78, 5) is 36.2. The number of nitrogens with one attached hydrogen (secondary N) is 3. The fraction of sp³-hybridized carbons (Fsp3) is 0.154. The minimum absolute atomic E-state index is 0.227. The van der Waals surface area contributed by atoms with Gasteiger partial charge in [0.1, 0.15) is 11.5 Å². The van der Waals surface area contributed by atoms with Crippen molar-refractivity contribution in [3.63, 3.8) is 0 Å². The molecule has 3 amide bonds. The van der Waals surface area contributed by atoms with Crippen LogP contribution >= 0.6 is 23.2 Å². The Balaban J connectivity index is 1.46. The van der Waals surface area contributed by atoms with Crippen molar-refractivity contribution in [1.29, 1.82) is 0 Å². The van der Waals surface area contributed by atoms with E-state index in [0.717, 1.165) is 6.42 Å². The third-order valence-electron chi connectivity index (χ3n) is 4.63. The Morgan fingerprint density at radius 3 is 2.35 bits per heavy atom. The van der Waals surface area contributed by atoms with E-state index in [0.29, 0.717) is 34.3 Å². The molecule has 0 saturated heterocycles. The second-order valence-electron chi connectivity index (χ2n) is 7.53. The van der Waals surface area contributed by atoms with Crippen molar-refractivity contribution in [3.8, 4) is 11.5 Å². The predicted molar refractivity (Wildman–Crippen MR) is 144 cm³/mol. The van der Waals surface area contributed by atoms with Crippen LogP contribution in [0.5, 0.6) is 11.5 Å². The molecule has 11 heteroatoms. The summed E-state index contributed by atoms with van der Waals surface area (Å²) in [6.45, 7) is 2.31. The van der Waals surface area contributed by atoms with Crippen LogP contribution in [0.4, 0.5) is 11.4 Å². The normalized spacial score (nSPS) is 10.6. The van der Waals surface area contributed by atoms with E-state index in [4.69, 9.17) is 32.7 Å². The molecule has 0 bridgehead atoms. The van der Waals surface area contributed by atoms with Gasteiger partial charge in [0.05, 0.1) is 28.6 Å². The first-order chi connectivity index (χ1) is 17.9. The van der Waals surface area contributed by atoms with E-state index >= 15 is 0 Å². The quantitative estimate of drug-likeness (QED) is 0.191. The molecule has 9 nitrogen and oxygen atoms in total. The molecule has 0 fully saturated rings. The summed E-state index contributed by atoms with van der Waals surface area (Å²) in [6, 6.07) is 18.2. The van der Waals surface area contributed by atoms with Crippen LogP contribution in [0.1, 0.15) is 18.9 Å². The average molecular weight is 543 g/mol. The molecule has 0 radical (unpaired) electrons. The Hall–Kier alpha value is -4.08. The molecular weight excluding hydrogens is 519 g/mol. The Bertz CT molecular complexity index is 1280. The topological polar surface area (TPSA) is 118 Å². The molecule has 0 aromatic heterocycles. The molecule has 0 saturated carbocycles. The van der Waals surface area contributed by atoms with Gasteiger partial charge >= 0.3 is 11.8 Å². The van der Waals surface area contributed by atoms with Crippen molar-refractivity contribution < 1.29 is 23.9 Å². The van der Waals surface area contributed by atoms with Crippen molar-refractivity contribution in [2.45, 2.75) is 13.3 Å². The van der Waals surface area contributed by atoms with Crippen LogP contribution < -0.4 is 25.5 Å². The van der Waals surface area contributed by atoms with Crippen molar-refractivity contribution >= 4 is 58.5 Å². The number of anilines is 2. The van der Waals surface area contributed by atoms with Crippen LogP contribution in [0.15, 0.2) is 71.8 Å². The van der Waals surface area contributed by atoms with Gasteiger partial charge in [0.15, 0.2) is 6.61 Å². The largest absolute Gasteiger partial charge is 0.494 e. The average Bonchev–Trinajstić information content (AvgIpc) is 2.89. The number of hydrazone groups is 1. The van der Waals surface area contributed by atoms with Crippen molar-refractivity contribution in [1.82, 2.24) is 5.43 Å². The van der Waals surface area contributed by atoms with Gasteiger partial charge in [-0.05, 0) is 66.6 Å². The number of amides is 3. The summed E-state index contributed by atoms with van der Waals surface area (Å²) in [5, 5.41) is 9.53. The standard InChI is InChI=1S/C26H24Cl2N4O5/c1-2-13-36-19-10-8-18(9-11-19)30-25(34)26(35)32-29-15-17-7-12-23(21(28)14-17)37-16-24(33)31-22-6-4-3-5-20(22)27/h3-12,14-15H,2,13,16H2,1H3,(H,30,34)(H,31,33)(H,32,35)/b29-15-. The van der Waals surface area contributed by atoms with E-state index in [-0.39, 0.29) is 17.4 Å². The molecule has 37 heavy (non-hydrogen) atoms. The highest BCUT2D eigenvalue weighted by molar-refractivity contribution is 6.39. The number of ether oxygens (including phenoxy) is 2. The first kappa shape index (κ1) is 27.5. The molecule has 0 aliphatic carbocycles. The van der Waals surface area contributed by atoms with Gasteiger partial charge in [-0.3, -0.25) is 14.4 Å². The fourth-order valence-electron chi connectivity index (χ4n) is 2.87. The van der Waals surface area contributed by atoms with E-state index in [2.05, 4.69) is 21.2 Å². The van der Waals surface area contributed by atoms with Crippen molar-refractivity contribution in [2.75, 3.05) is 23.8 Å². The van der Waals surface area contributed by atoms with E-state index in [1.807, 2.05) is 6.92 Å². The van der Waals surface area contributed by atoms with Crippen LogP contribution in [0.3, 0.4) is 0 Å². The summed E-state index contributed by atoms with van der Waals surface area (Å²) in [5.41, 5.74) is 3.59. The lowest BCUT2D eigenvalue weighted by Crippen LogP contribution is -2.32. The molecule has 0 unspecified atom stereocenters. The monoisotopic (exact) mass is 542 g/mol. The first-order valence-corrected chi connectivity index (χ1v) is 11.9. The first-order valence-electron chi connectivity index (χ1n) is 11.2. The summed E-state index contributed by atoms with van der Waals surface area (Å²) >= 11 is 12.2. The number of carbonyl (C=O) groups is 3.